The lowest BCUT2D eigenvalue weighted by Crippen LogP contribution is -2.45. The highest BCUT2D eigenvalue weighted by Gasteiger charge is 2.60. The van der Waals surface area contributed by atoms with Gasteiger partial charge in [0, 0.05) is 12.0 Å². The lowest BCUT2D eigenvalue weighted by Gasteiger charge is -2.36. The van der Waals surface area contributed by atoms with Gasteiger partial charge < -0.3 is 9.84 Å². The van der Waals surface area contributed by atoms with Crippen molar-refractivity contribution in [2.24, 2.45) is 11.8 Å². The third kappa shape index (κ3) is 1.51. The Morgan fingerprint density at radius 3 is 2.85 bits per heavy atom. The first-order valence-corrected chi connectivity index (χ1v) is 6.67. The molecule has 0 unspecified atom stereocenters. The van der Waals surface area contributed by atoms with Crippen LogP contribution < -0.4 is 0 Å². The van der Waals surface area contributed by atoms with E-state index in [1.807, 2.05) is 13.0 Å². The fourth-order valence-electron chi connectivity index (χ4n) is 3.87. The van der Waals surface area contributed by atoms with Gasteiger partial charge in [-0.05, 0) is 18.9 Å². The minimum absolute atomic E-state index is 0.245. The number of esters is 1. The lowest BCUT2D eigenvalue weighted by molar-refractivity contribution is -0.323. The molecule has 1 saturated carbocycles. The Morgan fingerprint density at radius 1 is 1.50 bits per heavy atom. The van der Waals surface area contributed by atoms with E-state index in [9.17, 15) is 15.2 Å². The van der Waals surface area contributed by atoms with Crippen molar-refractivity contribution in [3.8, 4) is 0 Å². The summed E-state index contributed by atoms with van der Waals surface area (Å²) in [6, 6.07) is 0. The number of carbonyl (C=O) groups excluding carboxylic acids is 1. The van der Waals surface area contributed by atoms with Crippen molar-refractivity contribution in [2.75, 3.05) is 0 Å². The molecule has 3 rings (SSSR count). The fraction of sp³-hybridized carbons (Fsp3) is 0.533. The largest absolute Gasteiger partial charge is 0.457 e. The van der Waals surface area contributed by atoms with Gasteiger partial charge in [-0.15, -0.1) is 0 Å². The van der Waals surface area contributed by atoms with E-state index < -0.39 is 29.7 Å². The minimum atomic E-state index is -1.02. The number of aliphatic hydroxyl groups excluding tert-OH is 1. The molecule has 20 heavy (non-hydrogen) atoms. The summed E-state index contributed by atoms with van der Waals surface area (Å²) >= 11 is 0. The standard InChI is InChI=1S/C15H18O5/c1-7-4-5-15(20-18)8(2)6-10(16)11-9(3)14(17)19-13(11)12(7)15/h4,10-13,16,18H,2-3,5-6H2,1H3/t10-,11+,12+,13-,15+/m0/s1. The van der Waals surface area contributed by atoms with Gasteiger partial charge in [0.15, 0.2) is 0 Å². The Labute approximate surface area is 117 Å². The molecular formula is C15H18O5. The van der Waals surface area contributed by atoms with Crippen LogP contribution in [-0.4, -0.2) is 34.1 Å². The van der Waals surface area contributed by atoms with Gasteiger partial charge in [0.05, 0.1) is 17.9 Å². The Bertz CT molecular complexity index is 534. The molecule has 0 spiro atoms. The van der Waals surface area contributed by atoms with Gasteiger partial charge in [-0.2, -0.15) is 0 Å². The summed E-state index contributed by atoms with van der Waals surface area (Å²) in [5.74, 6) is -1.31. The molecule has 5 nitrogen and oxygen atoms in total. The van der Waals surface area contributed by atoms with Crippen LogP contribution in [0.4, 0.5) is 0 Å². The average molecular weight is 278 g/mol. The van der Waals surface area contributed by atoms with Crippen LogP contribution >= 0.6 is 0 Å². The van der Waals surface area contributed by atoms with Crippen LogP contribution in [-0.2, 0) is 14.4 Å². The first-order valence-electron chi connectivity index (χ1n) is 6.67. The van der Waals surface area contributed by atoms with Crippen LogP contribution in [0.1, 0.15) is 19.8 Å². The van der Waals surface area contributed by atoms with E-state index in [4.69, 9.17) is 9.62 Å². The van der Waals surface area contributed by atoms with Crippen molar-refractivity contribution in [1.29, 1.82) is 0 Å². The molecule has 5 atom stereocenters. The van der Waals surface area contributed by atoms with E-state index in [-0.39, 0.29) is 17.9 Å². The Hall–Kier alpha value is -1.43. The van der Waals surface area contributed by atoms with E-state index in [0.717, 1.165) is 5.57 Å². The highest BCUT2D eigenvalue weighted by Crippen LogP contribution is 2.53. The highest BCUT2D eigenvalue weighted by molar-refractivity contribution is 5.91. The molecule has 5 heteroatoms. The van der Waals surface area contributed by atoms with Gasteiger partial charge in [0.2, 0.25) is 0 Å². The molecule has 0 aromatic rings. The summed E-state index contributed by atoms with van der Waals surface area (Å²) in [5.41, 5.74) is 0.842. The molecule has 2 fully saturated rings. The number of hydrogen-bond acceptors (Lipinski definition) is 5. The summed E-state index contributed by atoms with van der Waals surface area (Å²) in [4.78, 5) is 16.6. The van der Waals surface area contributed by atoms with E-state index in [1.54, 1.807) is 0 Å². The number of carbonyl (C=O) groups is 1. The Kier molecular flexibility index (Phi) is 2.90. The molecule has 2 aliphatic carbocycles. The first kappa shape index (κ1) is 13.5. The third-order valence-corrected chi connectivity index (χ3v) is 4.94. The maximum atomic E-state index is 11.8. The summed E-state index contributed by atoms with van der Waals surface area (Å²) < 4.78 is 5.42. The maximum absolute atomic E-state index is 11.8. The SMILES string of the molecule is C=C1C(=O)O[C@H]2[C@H]1[C@@H](O)CC(=C)[C@]1(OO)CC=C(C)[C@H]21. The molecule has 2 N–H and O–H groups in total. The lowest BCUT2D eigenvalue weighted by atomic mass is 9.77. The van der Waals surface area contributed by atoms with Crippen molar-refractivity contribution in [3.63, 3.8) is 0 Å². The van der Waals surface area contributed by atoms with Crippen molar-refractivity contribution < 1.29 is 24.8 Å². The van der Waals surface area contributed by atoms with Crippen molar-refractivity contribution in [1.82, 2.24) is 0 Å². The Balaban J connectivity index is 2.13. The Morgan fingerprint density at radius 2 is 2.20 bits per heavy atom. The van der Waals surface area contributed by atoms with Gasteiger partial charge in [-0.25, -0.2) is 9.68 Å². The monoisotopic (exact) mass is 278 g/mol. The molecule has 0 bridgehead atoms. The molecule has 0 radical (unpaired) electrons. The van der Waals surface area contributed by atoms with Crippen LogP contribution in [0.25, 0.3) is 0 Å². The second kappa shape index (κ2) is 4.28. The topological polar surface area (TPSA) is 76.0 Å². The van der Waals surface area contributed by atoms with Crippen LogP contribution in [0.3, 0.4) is 0 Å². The summed E-state index contributed by atoms with van der Waals surface area (Å²) in [6.07, 6.45) is 1.27. The molecule has 0 aromatic heterocycles. The van der Waals surface area contributed by atoms with Gasteiger partial charge in [-0.3, -0.25) is 5.26 Å². The second-order valence-corrected chi connectivity index (χ2v) is 5.91. The van der Waals surface area contributed by atoms with Gasteiger partial charge in [0.1, 0.15) is 11.7 Å². The third-order valence-electron chi connectivity index (χ3n) is 4.94. The number of hydrogen-bond donors (Lipinski definition) is 2. The molecule has 0 amide bonds. The molecule has 108 valence electrons. The summed E-state index contributed by atoms with van der Waals surface area (Å²) in [6.45, 7) is 9.61. The van der Waals surface area contributed by atoms with E-state index in [1.165, 1.54) is 0 Å². The quantitative estimate of drug-likeness (QED) is 0.250. The van der Waals surface area contributed by atoms with Crippen LogP contribution in [0.5, 0.6) is 0 Å². The summed E-state index contributed by atoms with van der Waals surface area (Å²) in [5, 5.41) is 19.8. The van der Waals surface area contributed by atoms with Crippen molar-refractivity contribution >= 4 is 5.97 Å². The average Bonchev–Trinajstić information content (AvgIpc) is 2.85. The number of ether oxygens (including phenoxy) is 1. The van der Waals surface area contributed by atoms with Crippen LogP contribution in [0.2, 0.25) is 0 Å². The predicted molar refractivity (Wildman–Crippen MR) is 70.6 cm³/mol. The zero-order valence-corrected chi connectivity index (χ0v) is 11.3. The van der Waals surface area contributed by atoms with E-state index >= 15 is 0 Å². The van der Waals surface area contributed by atoms with E-state index in [2.05, 4.69) is 13.2 Å². The number of aliphatic hydroxyl groups is 1. The molecule has 1 aliphatic heterocycles. The van der Waals surface area contributed by atoms with Crippen molar-refractivity contribution in [2.45, 2.75) is 37.6 Å². The molecule has 1 heterocycles. The molecule has 0 aromatic carbocycles. The molecular weight excluding hydrogens is 260 g/mol. The van der Waals surface area contributed by atoms with Crippen LogP contribution in [0.15, 0.2) is 36.0 Å². The van der Waals surface area contributed by atoms with Crippen LogP contribution in [0, 0.1) is 11.8 Å². The fourth-order valence-corrected chi connectivity index (χ4v) is 3.87. The van der Waals surface area contributed by atoms with Gasteiger partial charge in [0.25, 0.3) is 0 Å². The predicted octanol–water partition coefficient (Wildman–Crippen LogP) is 1.60. The smallest absolute Gasteiger partial charge is 0.334 e. The highest BCUT2D eigenvalue weighted by atomic mass is 17.1. The molecule has 3 aliphatic rings. The summed E-state index contributed by atoms with van der Waals surface area (Å²) in [7, 11) is 0. The van der Waals surface area contributed by atoms with Gasteiger partial charge in [-0.1, -0.05) is 24.8 Å². The zero-order valence-electron chi connectivity index (χ0n) is 11.3. The minimum Gasteiger partial charge on any atom is -0.457 e. The molecule has 1 saturated heterocycles. The number of fused-ring (bicyclic) bond motifs is 3. The second-order valence-electron chi connectivity index (χ2n) is 5.91. The first-order chi connectivity index (χ1) is 9.42. The van der Waals surface area contributed by atoms with Crippen molar-refractivity contribution in [3.05, 3.63) is 36.0 Å². The maximum Gasteiger partial charge on any atom is 0.334 e. The van der Waals surface area contributed by atoms with E-state index in [0.29, 0.717) is 12.0 Å². The van der Waals surface area contributed by atoms with Gasteiger partial charge >= 0.3 is 5.97 Å². The number of rotatable bonds is 1. The normalized spacial score (nSPS) is 43.8. The zero-order chi connectivity index (χ0) is 14.7.